The minimum absolute atomic E-state index is 0.0661. The maximum atomic E-state index is 11.0. The van der Waals surface area contributed by atoms with E-state index in [0.29, 0.717) is 4.47 Å². The van der Waals surface area contributed by atoms with Crippen LogP contribution in [0.25, 0.3) is 0 Å². The second-order valence-electron chi connectivity index (χ2n) is 3.97. The largest absolute Gasteiger partial charge is 0.478 e. The van der Waals surface area contributed by atoms with E-state index in [4.69, 9.17) is 9.84 Å². The van der Waals surface area contributed by atoms with Gasteiger partial charge in [0.2, 0.25) is 5.75 Å². The van der Waals surface area contributed by atoms with E-state index in [1.807, 2.05) is 0 Å². The summed E-state index contributed by atoms with van der Waals surface area (Å²) in [6.45, 7) is 3.34. The fraction of sp³-hybridized carbons (Fsp3) is 0.364. The molecule has 98 valence electrons. The van der Waals surface area contributed by atoms with Crippen molar-refractivity contribution in [2.24, 2.45) is 5.92 Å². The van der Waals surface area contributed by atoms with Crippen LogP contribution in [0.2, 0.25) is 0 Å². The Hall–Kier alpha value is -1.63. The average Bonchev–Trinajstić information content (AvgIpc) is 2.25. The third-order valence-corrected chi connectivity index (χ3v) is 2.86. The molecular weight excluding hydrogens is 306 g/mol. The van der Waals surface area contributed by atoms with E-state index in [-0.39, 0.29) is 17.4 Å². The number of carboxylic acids is 1. The molecule has 6 nitrogen and oxygen atoms in total. The van der Waals surface area contributed by atoms with Gasteiger partial charge in [-0.1, -0.05) is 19.9 Å². The summed E-state index contributed by atoms with van der Waals surface area (Å²) in [5, 5.41) is 19.9. The highest BCUT2D eigenvalue weighted by Crippen LogP contribution is 2.36. The van der Waals surface area contributed by atoms with Gasteiger partial charge in [0, 0.05) is 12.0 Å². The van der Waals surface area contributed by atoms with E-state index >= 15 is 0 Å². The molecule has 0 saturated carbocycles. The van der Waals surface area contributed by atoms with Crippen molar-refractivity contribution in [3.05, 3.63) is 32.8 Å². The van der Waals surface area contributed by atoms with Gasteiger partial charge in [0.25, 0.3) is 0 Å². The zero-order valence-corrected chi connectivity index (χ0v) is 11.4. The Balaban J connectivity index is 3.16. The number of nitrogens with zero attached hydrogens (tertiary/aromatic N) is 1. The predicted molar refractivity (Wildman–Crippen MR) is 67.7 cm³/mol. The minimum atomic E-state index is -1.16. The Bertz CT molecular complexity index is 475. The predicted octanol–water partition coefficient (Wildman–Crippen LogP) is 2.85. The van der Waals surface area contributed by atoms with Gasteiger partial charge in [0.15, 0.2) is 6.10 Å². The lowest BCUT2D eigenvalue weighted by molar-refractivity contribution is -0.386. The number of carboxylic acid groups (broad SMARTS) is 1. The Morgan fingerprint density at radius 2 is 2.11 bits per heavy atom. The lowest BCUT2D eigenvalue weighted by Gasteiger charge is -2.18. The molecule has 0 radical (unpaired) electrons. The first kappa shape index (κ1) is 14.4. The fourth-order valence-electron chi connectivity index (χ4n) is 1.36. The molecule has 7 heteroatoms. The molecule has 0 fully saturated rings. The summed E-state index contributed by atoms with van der Waals surface area (Å²) in [6, 6.07) is 4.31. The highest BCUT2D eigenvalue weighted by atomic mass is 79.9. The standard InChI is InChI=1S/C11H12BrNO5/c1-6(2)9(11(14)15)18-10-7(12)4-3-5-8(10)13(16)17/h3-6,9H,1-2H3,(H,14,15). The average molecular weight is 318 g/mol. The van der Waals surface area contributed by atoms with Gasteiger partial charge in [0.1, 0.15) is 0 Å². The maximum Gasteiger partial charge on any atom is 0.345 e. The van der Waals surface area contributed by atoms with Gasteiger partial charge in [-0.2, -0.15) is 0 Å². The van der Waals surface area contributed by atoms with E-state index in [0.717, 1.165) is 0 Å². The second kappa shape index (κ2) is 5.81. The van der Waals surface area contributed by atoms with E-state index in [1.54, 1.807) is 19.9 Å². The molecule has 1 aromatic carbocycles. The van der Waals surface area contributed by atoms with Gasteiger partial charge in [-0.3, -0.25) is 10.1 Å². The Labute approximate surface area is 112 Å². The van der Waals surface area contributed by atoms with Crippen molar-refractivity contribution in [3.63, 3.8) is 0 Å². The molecule has 0 spiro atoms. The van der Waals surface area contributed by atoms with Crippen LogP contribution in [0.5, 0.6) is 5.75 Å². The van der Waals surface area contributed by atoms with Crippen LogP contribution in [-0.4, -0.2) is 22.1 Å². The third-order valence-electron chi connectivity index (χ3n) is 2.24. The molecule has 0 aromatic heterocycles. The van der Waals surface area contributed by atoms with E-state index in [9.17, 15) is 14.9 Å². The lowest BCUT2D eigenvalue weighted by Crippen LogP contribution is -2.32. The van der Waals surface area contributed by atoms with Crippen LogP contribution < -0.4 is 4.74 Å². The molecule has 1 aromatic rings. The summed E-state index contributed by atoms with van der Waals surface area (Å²) in [6.07, 6.45) is -1.14. The van der Waals surface area contributed by atoms with Crippen LogP contribution in [0.3, 0.4) is 0 Å². The number of hydrogen-bond acceptors (Lipinski definition) is 4. The smallest absolute Gasteiger partial charge is 0.345 e. The molecule has 1 N–H and O–H groups in total. The fourth-order valence-corrected chi connectivity index (χ4v) is 1.81. The molecule has 1 atom stereocenters. The Kier molecular flexibility index (Phi) is 4.66. The first-order valence-corrected chi connectivity index (χ1v) is 5.96. The Morgan fingerprint density at radius 1 is 1.50 bits per heavy atom. The zero-order chi connectivity index (χ0) is 13.9. The molecule has 0 aliphatic carbocycles. The normalized spacial score (nSPS) is 12.2. The van der Waals surface area contributed by atoms with Crippen LogP contribution in [0, 0.1) is 16.0 Å². The van der Waals surface area contributed by atoms with Gasteiger partial charge >= 0.3 is 11.7 Å². The highest BCUT2D eigenvalue weighted by molar-refractivity contribution is 9.10. The van der Waals surface area contributed by atoms with Crippen LogP contribution >= 0.6 is 15.9 Å². The summed E-state index contributed by atoms with van der Waals surface area (Å²) in [4.78, 5) is 21.3. The van der Waals surface area contributed by atoms with Crippen LogP contribution in [0.4, 0.5) is 5.69 Å². The van der Waals surface area contributed by atoms with Gasteiger partial charge < -0.3 is 9.84 Å². The molecule has 0 heterocycles. The number of para-hydroxylation sites is 1. The molecule has 1 unspecified atom stereocenters. The first-order valence-electron chi connectivity index (χ1n) is 5.17. The topological polar surface area (TPSA) is 89.7 Å². The number of rotatable bonds is 5. The van der Waals surface area contributed by atoms with Crippen molar-refractivity contribution in [1.29, 1.82) is 0 Å². The SMILES string of the molecule is CC(C)C(Oc1c(Br)cccc1[N+](=O)[O-])C(=O)O. The van der Waals surface area contributed by atoms with Crippen LogP contribution in [0.1, 0.15) is 13.8 Å². The molecule has 0 amide bonds. The summed E-state index contributed by atoms with van der Waals surface area (Å²) in [7, 11) is 0. The van der Waals surface area contributed by atoms with Crippen molar-refractivity contribution in [2.75, 3.05) is 0 Å². The first-order chi connectivity index (χ1) is 8.34. The van der Waals surface area contributed by atoms with Crippen LogP contribution in [0.15, 0.2) is 22.7 Å². The quantitative estimate of drug-likeness (QED) is 0.666. The summed E-state index contributed by atoms with van der Waals surface area (Å²) < 4.78 is 5.62. The van der Waals surface area contributed by atoms with Gasteiger partial charge in [-0.15, -0.1) is 0 Å². The summed E-state index contributed by atoms with van der Waals surface area (Å²) in [5.74, 6) is -1.53. The summed E-state index contributed by atoms with van der Waals surface area (Å²) >= 11 is 3.12. The van der Waals surface area contributed by atoms with Crippen molar-refractivity contribution < 1.29 is 19.6 Å². The minimum Gasteiger partial charge on any atom is -0.478 e. The second-order valence-corrected chi connectivity index (χ2v) is 4.82. The molecule has 0 saturated heterocycles. The number of halogens is 1. The van der Waals surface area contributed by atoms with Gasteiger partial charge in [-0.25, -0.2) is 4.79 Å². The molecular formula is C11H12BrNO5. The lowest BCUT2D eigenvalue weighted by atomic mass is 10.1. The van der Waals surface area contributed by atoms with Crippen molar-refractivity contribution in [1.82, 2.24) is 0 Å². The number of nitro groups is 1. The van der Waals surface area contributed by atoms with Crippen molar-refractivity contribution in [3.8, 4) is 5.75 Å². The Morgan fingerprint density at radius 3 is 2.56 bits per heavy atom. The molecule has 18 heavy (non-hydrogen) atoms. The van der Waals surface area contributed by atoms with E-state index < -0.39 is 17.0 Å². The van der Waals surface area contributed by atoms with Crippen LogP contribution in [-0.2, 0) is 4.79 Å². The number of ether oxygens (including phenoxy) is 1. The van der Waals surface area contributed by atoms with Gasteiger partial charge in [-0.05, 0) is 22.0 Å². The zero-order valence-electron chi connectivity index (χ0n) is 9.79. The molecule has 0 bridgehead atoms. The number of nitro benzene ring substituents is 1. The van der Waals surface area contributed by atoms with E-state index in [2.05, 4.69) is 15.9 Å². The highest BCUT2D eigenvalue weighted by Gasteiger charge is 2.28. The van der Waals surface area contributed by atoms with E-state index in [1.165, 1.54) is 12.1 Å². The van der Waals surface area contributed by atoms with Crippen molar-refractivity contribution in [2.45, 2.75) is 20.0 Å². The number of benzene rings is 1. The number of carbonyl (C=O) groups is 1. The van der Waals surface area contributed by atoms with Crippen molar-refractivity contribution >= 4 is 27.6 Å². The molecule has 1 rings (SSSR count). The summed E-state index contributed by atoms with van der Waals surface area (Å²) in [5.41, 5.74) is -0.267. The number of hydrogen-bond donors (Lipinski definition) is 1. The van der Waals surface area contributed by atoms with Gasteiger partial charge in [0.05, 0.1) is 9.40 Å². The number of aliphatic carboxylic acids is 1. The molecule has 0 aliphatic rings. The molecule has 0 aliphatic heterocycles. The third kappa shape index (κ3) is 3.19. The maximum absolute atomic E-state index is 11.0. The monoisotopic (exact) mass is 317 g/mol.